The number of nitrogens with one attached hydrogen (secondary N) is 2. The Morgan fingerprint density at radius 3 is 2.70 bits per heavy atom. The summed E-state index contributed by atoms with van der Waals surface area (Å²) in [6.45, 7) is 12.3. The Kier molecular flexibility index (Phi) is 5.08. The molecule has 5 nitrogen and oxygen atoms in total. The summed E-state index contributed by atoms with van der Waals surface area (Å²) in [7, 11) is 1.98. The number of likely N-dealkylation sites (N-methyl/N-ethyl adjacent to an activating group) is 1. The van der Waals surface area contributed by atoms with E-state index in [0.29, 0.717) is 6.42 Å². The van der Waals surface area contributed by atoms with Crippen LogP contribution in [0.25, 0.3) is 10.9 Å². The van der Waals surface area contributed by atoms with Crippen LogP contribution in [0.15, 0.2) is 31.0 Å². The molecule has 0 bridgehead atoms. The third-order valence-corrected chi connectivity index (χ3v) is 5.83. The van der Waals surface area contributed by atoms with Gasteiger partial charge in [0.05, 0.1) is 18.2 Å². The van der Waals surface area contributed by atoms with Crippen molar-refractivity contribution < 1.29 is 9.90 Å². The summed E-state index contributed by atoms with van der Waals surface area (Å²) in [4.78, 5) is 18.5. The number of carbonyl (C=O) groups excluding carboxylic acids is 1. The monoisotopic (exact) mass is 369 g/mol. The number of rotatable bonds is 4. The zero-order valence-electron chi connectivity index (χ0n) is 17.0. The molecule has 2 atom stereocenters. The lowest BCUT2D eigenvalue weighted by atomic mass is 9.83. The molecule has 0 saturated heterocycles. The molecule has 27 heavy (non-hydrogen) atoms. The Balaban J connectivity index is 2.29. The van der Waals surface area contributed by atoms with Crippen LogP contribution in [0.4, 0.5) is 5.69 Å². The highest BCUT2D eigenvalue weighted by atomic mass is 16.3. The van der Waals surface area contributed by atoms with Gasteiger partial charge in [0.25, 0.3) is 0 Å². The number of aromatic amines is 1. The summed E-state index contributed by atoms with van der Waals surface area (Å²) in [5.74, 6) is 0.0958. The number of anilines is 1. The van der Waals surface area contributed by atoms with E-state index in [1.807, 2.05) is 19.3 Å². The highest BCUT2D eigenvalue weighted by molar-refractivity contribution is 6.00. The van der Waals surface area contributed by atoms with Gasteiger partial charge in [0.15, 0.2) is 0 Å². The van der Waals surface area contributed by atoms with Crippen LogP contribution in [0.5, 0.6) is 0 Å². The minimum atomic E-state index is -0.304. The molecular weight excluding hydrogens is 338 g/mol. The fraction of sp³-hybridized carbons (Fsp3) is 0.500. The van der Waals surface area contributed by atoms with Crippen LogP contribution in [0, 0.1) is 5.92 Å². The van der Waals surface area contributed by atoms with Crippen LogP contribution in [0.1, 0.15) is 38.8 Å². The maximum Gasteiger partial charge on any atom is 0.243 e. The molecule has 0 unspecified atom stereocenters. The minimum Gasteiger partial charge on any atom is -0.394 e. The van der Waals surface area contributed by atoms with Gasteiger partial charge < -0.3 is 20.3 Å². The lowest BCUT2D eigenvalue weighted by Gasteiger charge is -2.33. The Morgan fingerprint density at radius 1 is 1.41 bits per heavy atom. The van der Waals surface area contributed by atoms with Crippen molar-refractivity contribution >= 4 is 22.5 Å². The zero-order chi connectivity index (χ0) is 19.9. The quantitative estimate of drug-likeness (QED) is 0.726. The first-order valence-electron chi connectivity index (χ1n) is 9.62. The van der Waals surface area contributed by atoms with E-state index in [-0.39, 0.29) is 35.9 Å². The van der Waals surface area contributed by atoms with E-state index < -0.39 is 0 Å². The Bertz CT molecular complexity index is 866. The first-order valence-corrected chi connectivity index (χ1v) is 9.62. The van der Waals surface area contributed by atoms with Crippen LogP contribution in [-0.2, 0) is 16.6 Å². The van der Waals surface area contributed by atoms with Crippen LogP contribution < -0.4 is 10.2 Å². The van der Waals surface area contributed by atoms with Gasteiger partial charge in [-0.05, 0) is 29.5 Å². The lowest BCUT2D eigenvalue weighted by Crippen LogP contribution is -2.52. The fourth-order valence-corrected chi connectivity index (χ4v) is 4.19. The average Bonchev–Trinajstić information content (AvgIpc) is 3.04. The third-order valence-electron chi connectivity index (χ3n) is 5.83. The van der Waals surface area contributed by atoms with E-state index in [2.05, 4.69) is 61.6 Å². The summed E-state index contributed by atoms with van der Waals surface area (Å²) >= 11 is 0. The molecule has 2 heterocycles. The number of nitrogens with zero attached hydrogens (tertiary/aromatic N) is 1. The molecule has 0 radical (unpaired) electrons. The first kappa shape index (κ1) is 19.5. The predicted molar refractivity (Wildman–Crippen MR) is 111 cm³/mol. The van der Waals surface area contributed by atoms with Crippen molar-refractivity contribution in [3.63, 3.8) is 0 Å². The number of carbonyl (C=O) groups is 1. The van der Waals surface area contributed by atoms with Gasteiger partial charge in [-0.2, -0.15) is 0 Å². The van der Waals surface area contributed by atoms with Crippen LogP contribution in [0.3, 0.4) is 0 Å². The van der Waals surface area contributed by atoms with Gasteiger partial charge in [0, 0.05) is 29.7 Å². The molecule has 0 spiro atoms. The molecule has 2 aromatic rings. The van der Waals surface area contributed by atoms with E-state index >= 15 is 0 Å². The van der Waals surface area contributed by atoms with Crippen molar-refractivity contribution in [2.24, 2.45) is 5.92 Å². The molecule has 1 aromatic heterocycles. The van der Waals surface area contributed by atoms with Crippen molar-refractivity contribution in [1.82, 2.24) is 10.3 Å². The van der Waals surface area contributed by atoms with Crippen molar-refractivity contribution in [2.45, 2.75) is 51.6 Å². The maximum absolute atomic E-state index is 12.9. The number of aliphatic hydroxyl groups is 1. The molecule has 146 valence electrons. The molecule has 0 fully saturated rings. The summed E-state index contributed by atoms with van der Waals surface area (Å²) in [5.41, 5.74) is 4.22. The van der Waals surface area contributed by atoms with Crippen molar-refractivity contribution in [2.75, 3.05) is 18.6 Å². The molecule has 5 heteroatoms. The second kappa shape index (κ2) is 7.04. The summed E-state index contributed by atoms with van der Waals surface area (Å²) in [6, 6.07) is 3.64. The van der Waals surface area contributed by atoms with Gasteiger partial charge in [-0.15, -0.1) is 6.58 Å². The number of H-pyrrole nitrogens is 1. The molecule has 0 aliphatic carbocycles. The van der Waals surface area contributed by atoms with Gasteiger partial charge in [-0.1, -0.05) is 39.8 Å². The molecule has 1 aromatic carbocycles. The maximum atomic E-state index is 12.9. The summed E-state index contributed by atoms with van der Waals surface area (Å²) in [5, 5.41) is 14.0. The fourth-order valence-electron chi connectivity index (χ4n) is 4.19. The Morgan fingerprint density at radius 2 is 2.11 bits per heavy atom. The lowest BCUT2D eigenvalue weighted by molar-refractivity contribution is -0.124. The first-order chi connectivity index (χ1) is 12.7. The SMILES string of the molecule is C=CC(C)(C)c1ccc2c3c(c[nH]c13)C[C@@H](CO)NC(=O)[C@H](C(C)C)N2C. The van der Waals surface area contributed by atoms with Crippen molar-refractivity contribution in [1.29, 1.82) is 0 Å². The van der Waals surface area contributed by atoms with E-state index in [4.69, 9.17) is 0 Å². The van der Waals surface area contributed by atoms with Crippen molar-refractivity contribution in [3.05, 3.63) is 42.1 Å². The number of allylic oxidation sites excluding steroid dienone is 1. The van der Waals surface area contributed by atoms with Gasteiger partial charge in [-0.3, -0.25) is 4.79 Å². The molecular formula is C22H31N3O2. The minimum absolute atomic E-state index is 0.0377. The third kappa shape index (κ3) is 3.25. The van der Waals surface area contributed by atoms with Gasteiger partial charge in [-0.25, -0.2) is 0 Å². The molecule has 3 N–H and O–H groups in total. The number of benzene rings is 1. The standard InChI is InChI=1S/C22H31N3O2/c1-7-22(4,5)16-8-9-17-18-14(11-23-19(16)18)10-15(12-26)24-21(27)20(13(2)3)25(17)6/h7-9,11,13,15,20,23,26H,1,10,12H2,2-6H3,(H,24,27)/t15-,20-/m0/s1. The Labute approximate surface area is 161 Å². The smallest absolute Gasteiger partial charge is 0.243 e. The van der Waals surface area contributed by atoms with Gasteiger partial charge in [0.2, 0.25) is 5.91 Å². The number of amides is 1. The summed E-state index contributed by atoms with van der Waals surface area (Å²) < 4.78 is 0. The predicted octanol–water partition coefficient (Wildman–Crippen LogP) is 3.13. The van der Waals surface area contributed by atoms with E-state index in [1.165, 1.54) is 5.56 Å². The molecule has 3 rings (SSSR count). The number of aliphatic hydroxyl groups excluding tert-OH is 1. The van der Waals surface area contributed by atoms with Crippen molar-refractivity contribution in [3.8, 4) is 0 Å². The normalized spacial score (nSPS) is 21.0. The molecule has 0 saturated carbocycles. The van der Waals surface area contributed by atoms with Crippen LogP contribution >= 0.6 is 0 Å². The zero-order valence-corrected chi connectivity index (χ0v) is 17.0. The number of aromatic nitrogens is 1. The average molecular weight is 370 g/mol. The number of hydrogen-bond acceptors (Lipinski definition) is 3. The highest BCUT2D eigenvalue weighted by Crippen LogP contribution is 2.39. The number of hydrogen-bond donors (Lipinski definition) is 3. The topological polar surface area (TPSA) is 68.4 Å². The van der Waals surface area contributed by atoms with Gasteiger partial charge >= 0.3 is 0 Å². The second-order valence-electron chi connectivity index (χ2n) is 8.51. The molecule has 1 amide bonds. The second-order valence-corrected chi connectivity index (χ2v) is 8.51. The van der Waals surface area contributed by atoms with Crippen LogP contribution in [-0.4, -0.2) is 41.7 Å². The molecule has 1 aliphatic heterocycles. The molecule has 1 aliphatic rings. The van der Waals surface area contributed by atoms with E-state index in [9.17, 15) is 9.90 Å². The van der Waals surface area contributed by atoms with E-state index in [1.54, 1.807) is 0 Å². The van der Waals surface area contributed by atoms with Gasteiger partial charge in [0.1, 0.15) is 6.04 Å². The largest absolute Gasteiger partial charge is 0.394 e. The highest BCUT2D eigenvalue weighted by Gasteiger charge is 2.33. The van der Waals surface area contributed by atoms with Crippen LogP contribution in [0.2, 0.25) is 0 Å². The Hall–Kier alpha value is -2.27. The summed E-state index contributed by atoms with van der Waals surface area (Å²) in [6.07, 6.45) is 4.56. The van der Waals surface area contributed by atoms with E-state index in [0.717, 1.165) is 22.2 Å².